The van der Waals surface area contributed by atoms with Crippen LogP contribution in [0.5, 0.6) is 0 Å². The van der Waals surface area contributed by atoms with Crippen molar-refractivity contribution in [3.8, 4) is 0 Å². The molecule has 0 aromatic heterocycles. The molecule has 1 rings (SSSR count). The highest BCUT2D eigenvalue weighted by molar-refractivity contribution is 6.65. The van der Waals surface area contributed by atoms with Crippen molar-refractivity contribution in [1.29, 1.82) is 0 Å². The van der Waals surface area contributed by atoms with E-state index in [9.17, 15) is 9.59 Å². The lowest BCUT2D eigenvalue weighted by Crippen LogP contribution is -2.51. The number of allylic oxidation sites excluding steroid dienone is 1. The van der Waals surface area contributed by atoms with Gasteiger partial charge in [-0.1, -0.05) is 6.58 Å². The standard InChI is InChI=1S/C17H26ClN3O4/c1-7-12(20-14(18)19-5)17(13(22)24-6)8-10-21(11-9-17)15(23)25-16(2,3)4/h7H,1,8-11H2,2-6H3/b19-14-,20-12+. The number of amides is 1. The van der Waals surface area contributed by atoms with Crippen LogP contribution in [0.1, 0.15) is 33.6 Å². The minimum atomic E-state index is -1.01. The molecule has 7 nitrogen and oxygen atoms in total. The second kappa shape index (κ2) is 8.47. The summed E-state index contributed by atoms with van der Waals surface area (Å²) in [6.45, 7) is 9.82. The summed E-state index contributed by atoms with van der Waals surface area (Å²) >= 11 is 5.90. The van der Waals surface area contributed by atoms with Gasteiger partial charge in [0.2, 0.25) is 5.29 Å². The number of rotatable bonds is 3. The second-order valence-corrected chi connectivity index (χ2v) is 7.07. The number of carbonyl (C=O) groups is 2. The first-order chi connectivity index (χ1) is 11.6. The summed E-state index contributed by atoms with van der Waals surface area (Å²) in [5.41, 5.74) is -1.20. The Bertz CT molecular complexity index is 585. The summed E-state index contributed by atoms with van der Waals surface area (Å²) in [5, 5.41) is 0.0211. The molecule has 1 aliphatic rings. The van der Waals surface area contributed by atoms with Crippen LogP contribution in [0.2, 0.25) is 0 Å². The van der Waals surface area contributed by atoms with Crippen LogP contribution < -0.4 is 0 Å². The van der Waals surface area contributed by atoms with Crippen LogP contribution in [0.3, 0.4) is 0 Å². The number of halogens is 1. The molecular weight excluding hydrogens is 346 g/mol. The molecular formula is C17H26ClN3O4. The van der Waals surface area contributed by atoms with Gasteiger partial charge in [-0.15, -0.1) is 0 Å². The van der Waals surface area contributed by atoms with E-state index in [1.165, 1.54) is 20.2 Å². The molecule has 25 heavy (non-hydrogen) atoms. The van der Waals surface area contributed by atoms with Gasteiger partial charge in [0.15, 0.2) is 0 Å². The molecule has 0 aromatic carbocycles. The van der Waals surface area contributed by atoms with Crippen molar-refractivity contribution >= 4 is 34.7 Å². The summed E-state index contributed by atoms with van der Waals surface area (Å²) in [5.74, 6) is -0.435. The SMILES string of the molecule is C=C/C(=N\C(Cl)=N/C)C1(C(=O)OC)CCN(C(=O)OC(C)(C)C)CC1. The first-order valence-corrected chi connectivity index (χ1v) is 8.37. The first kappa shape index (κ1) is 21.2. The molecule has 0 unspecified atom stereocenters. The van der Waals surface area contributed by atoms with Gasteiger partial charge in [-0.3, -0.25) is 9.79 Å². The van der Waals surface area contributed by atoms with E-state index in [1.54, 1.807) is 4.90 Å². The number of carbonyl (C=O) groups excluding carboxylic acids is 2. The quantitative estimate of drug-likeness (QED) is 0.330. The number of likely N-dealkylation sites (tertiary alicyclic amines) is 1. The Kier molecular flexibility index (Phi) is 7.17. The number of piperidine rings is 1. The van der Waals surface area contributed by atoms with E-state index in [0.29, 0.717) is 31.6 Å². The monoisotopic (exact) mass is 371 g/mol. The maximum Gasteiger partial charge on any atom is 0.410 e. The highest BCUT2D eigenvalue weighted by atomic mass is 35.5. The van der Waals surface area contributed by atoms with Crippen molar-refractivity contribution in [2.24, 2.45) is 15.4 Å². The Hall–Kier alpha value is -1.89. The fraction of sp³-hybridized carbons (Fsp3) is 0.647. The van der Waals surface area contributed by atoms with Crippen LogP contribution in [-0.4, -0.2) is 60.8 Å². The number of methoxy groups -OCH3 is 1. The lowest BCUT2D eigenvalue weighted by Gasteiger charge is -2.39. The van der Waals surface area contributed by atoms with Gasteiger partial charge in [-0.25, -0.2) is 9.79 Å². The van der Waals surface area contributed by atoms with Crippen LogP contribution in [0.4, 0.5) is 4.79 Å². The summed E-state index contributed by atoms with van der Waals surface area (Å²) in [7, 11) is 2.82. The first-order valence-electron chi connectivity index (χ1n) is 8.00. The van der Waals surface area contributed by atoms with Crippen molar-refractivity contribution in [2.45, 2.75) is 39.2 Å². The van der Waals surface area contributed by atoms with Gasteiger partial charge >= 0.3 is 12.1 Å². The van der Waals surface area contributed by atoms with E-state index < -0.39 is 23.1 Å². The molecule has 1 heterocycles. The number of hydrogen-bond donors (Lipinski definition) is 0. The maximum atomic E-state index is 12.5. The zero-order valence-corrected chi connectivity index (χ0v) is 16.2. The summed E-state index contributed by atoms with van der Waals surface area (Å²) < 4.78 is 10.4. The fourth-order valence-corrected chi connectivity index (χ4v) is 2.75. The predicted molar refractivity (Wildman–Crippen MR) is 98.3 cm³/mol. The van der Waals surface area contributed by atoms with E-state index in [4.69, 9.17) is 21.1 Å². The zero-order chi connectivity index (χ0) is 19.3. The Morgan fingerprint density at radius 2 is 1.84 bits per heavy atom. The number of amidine groups is 1. The Labute approximate surface area is 153 Å². The Morgan fingerprint density at radius 1 is 1.28 bits per heavy atom. The van der Waals surface area contributed by atoms with Crippen molar-refractivity contribution < 1.29 is 19.1 Å². The van der Waals surface area contributed by atoms with Crippen LogP contribution in [0, 0.1) is 5.41 Å². The molecule has 0 N–H and O–H groups in total. The molecule has 0 aliphatic carbocycles. The molecule has 1 aliphatic heterocycles. The van der Waals surface area contributed by atoms with Gasteiger partial charge in [0.1, 0.15) is 11.0 Å². The van der Waals surface area contributed by atoms with Crippen molar-refractivity contribution in [3.63, 3.8) is 0 Å². The number of esters is 1. The van der Waals surface area contributed by atoms with E-state index in [0.717, 1.165) is 0 Å². The summed E-state index contributed by atoms with van der Waals surface area (Å²) in [6, 6.07) is 0. The predicted octanol–water partition coefficient (Wildman–Crippen LogP) is 3.03. The van der Waals surface area contributed by atoms with Gasteiger partial charge in [-0.05, 0) is 51.3 Å². The van der Waals surface area contributed by atoms with Crippen LogP contribution in [0.15, 0.2) is 22.6 Å². The maximum absolute atomic E-state index is 12.5. The van der Waals surface area contributed by atoms with Crippen molar-refractivity contribution in [3.05, 3.63) is 12.7 Å². The molecule has 0 saturated carbocycles. The number of ether oxygens (including phenoxy) is 2. The fourth-order valence-electron chi connectivity index (χ4n) is 2.66. The minimum Gasteiger partial charge on any atom is -0.468 e. The molecule has 0 spiro atoms. The largest absolute Gasteiger partial charge is 0.468 e. The van der Waals surface area contributed by atoms with Gasteiger partial charge in [-0.2, -0.15) is 0 Å². The molecule has 0 radical (unpaired) electrons. The van der Waals surface area contributed by atoms with Crippen LogP contribution in [-0.2, 0) is 14.3 Å². The molecule has 1 fully saturated rings. The van der Waals surface area contributed by atoms with E-state index in [2.05, 4.69) is 16.6 Å². The number of aliphatic imine (C=N–C) groups is 2. The lowest BCUT2D eigenvalue weighted by atomic mass is 9.74. The Balaban J connectivity index is 3.06. The molecule has 1 saturated heterocycles. The molecule has 0 bridgehead atoms. The molecule has 8 heteroatoms. The third-order valence-electron chi connectivity index (χ3n) is 3.93. The van der Waals surface area contributed by atoms with Gasteiger partial charge in [0.05, 0.1) is 12.8 Å². The van der Waals surface area contributed by atoms with E-state index in [-0.39, 0.29) is 5.29 Å². The molecule has 140 valence electrons. The number of nitrogens with zero attached hydrogens (tertiary/aromatic N) is 3. The van der Waals surface area contributed by atoms with Gasteiger partial charge in [0, 0.05) is 20.1 Å². The third-order valence-corrected chi connectivity index (χ3v) is 4.18. The topological polar surface area (TPSA) is 80.6 Å². The normalized spacial score (nSPS) is 18.6. The van der Waals surface area contributed by atoms with Crippen LogP contribution >= 0.6 is 11.6 Å². The number of hydrogen-bond acceptors (Lipinski definition) is 5. The summed E-state index contributed by atoms with van der Waals surface area (Å²) in [4.78, 5) is 34.3. The third kappa shape index (κ3) is 5.29. The lowest BCUT2D eigenvalue weighted by molar-refractivity contribution is -0.150. The molecule has 0 aromatic rings. The molecule has 1 amide bonds. The van der Waals surface area contributed by atoms with Gasteiger partial charge < -0.3 is 14.4 Å². The van der Waals surface area contributed by atoms with Crippen LogP contribution in [0.25, 0.3) is 0 Å². The second-order valence-electron chi connectivity index (χ2n) is 6.73. The smallest absolute Gasteiger partial charge is 0.410 e. The van der Waals surface area contributed by atoms with E-state index >= 15 is 0 Å². The highest BCUT2D eigenvalue weighted by Crippen LogP contribution is 2.36. The van der Waals surface area contributed by atoms with Gasteiger partial charge in [0.25, 0.3) is 0 Å². The Morgan fingerprint density at radius 3 is 2.24 bits per heavy atom. The minimum absolute atomic E-state index is 0.0211. The van der Waals surface area contributed by atoms with Crippen molar-refractivity contribution in [2.75, 3.05) is 27.2 Å². The van der Waals surface area contributed by atoms with E-state index in [1.807, 2.05) is 20.8 Å². The molecule has 0 atom stereocenters. The van der Waals surface area contributed by atoms with Crippen molar-refractivity contribution in [1.82, 2.24) is 4.90 Å². The average Bonchev–Trinajstić information content (AvgIpc) is 2.57. The zero-order valence-electron chi connectivity index (χ0n) is 15.5. The average molecular weight is 372 g/mol. The highest BCUT2D eigenvalue weighted by Gasteiger charge is 2.47. The summed E-state index contributed by atoms with van der Waals surface area (Å²) in [6.07, 6.45) is 1.74.